The molecule has 22 heavy (non-hydrogen) atoms. The average Bonchev–Trinajstić information content (AvgIpc) is 2.87. The third kappa shape index (κ3) is 3.47. The van der Waals surface area contributed by atoms with Crippen LogP contribution in [0.1, 0.15) is 44.4 Å². The Morgan fingerprint density at radius 1 is 1.41 bits per heavy atom. The molecule has 5 heteroatoms. The summed E-state index contributed by atoms with van der Waals surface area (Å²) in [5, 5.41) is 2.89. The molecule has 118 valence electrons. The van der Waals surface area contributed by atoms with E-state index in [-0.39, 0.29) is 5.91 Å². The summed E-state index contributed by atoms with van der Waals surface area (Å²) < 4.78 is 5.43. The molecule has 1 heterocycles. The lowest BCUT2D eigenvalue weighted by Crippen LogP contribution is -2.37. The number of amides is 1. The number of fused-ring (bicyclic) bond motifs is 1. The summed E-state index contributed by atoms with van der Waals surface area (Å²) in [4.78, 5) is 16.5. The second-order valence-electron chi connectivity index (χ2n) is 6.25. The molecule has 5 nitrogen and oxygen atoms in total. The van der Waals surface area contributed by atoms with Gasteiger partial charge in [-0.3, -0.25) is 4.79 Å². The SMILES string of the molecule is Cc1nc2cc(NC(=O)C(N)CC3CCCCC3)ccc2o1. The van der Waals surface area contributed by atoms with Crippen LogP contribution in [0.4, 0.5) is 5.69 Å². The molecule has 1 fully saturated rings. The first-order chi connectivity index (χ1) is 10.6. The van der Waals surface area contributed by atoms with Crippen LogP contribution < -0.4 is 11.1 Å². The Balaban J connectivity index is 1.61. The highest BCUT2D eigenvalue weighted by molar-refractivity contribution is 5.96. The fourth-order valence-corrected chi connectivity index (χ4v) is 3.24. The van der Waals surface area contributed by atoms with Crippen molar-refractivity contribution in [3.63, 3.8) is 0 Å². The number of carbonyl (C=O) groups excluding carboxylic acids is 1. The van der Waals surface area contributed by atoms with E-state index >= 15 is 0 Å². The molecule has 0 saturated heterocycles. The molecule has 0 aliphatic heterocycles. The Labute approximate surface area is 130 Å². The first-order valence-electron chi connectivity index (χ1n) is 8.05. The minimum Gasteiger partial charge on any atom is -0.441 e. The summed E-state index contributed by atoms with van der Waals surface area (Å²) in [6.45, 7) is 1.80. The normalized spacial score (nSPS) is 17.5. The number of nitrogens with one attached hydrogen (secondary N) is 1. The van der Waals surface area contributed by atoms with Gasteiger partial charge in [0.2, 0.25) is 5.91 Å². The maximum atomic E-state index is 12.2. The molecule has 1 unspecified atom stereocenters. The summed E-state index contributed by atoms with van der Waals surface area (Å²) in [5.74, 6) is 1.09. The van der Waals surface area contributed by atoms with Crippen molar-refractivity contribution in [1.82, 2.24) is 4.98 Å². The van der Waals surface area contributed by atoms with Gasteiger partial charge in [-0.2, -0.15) is 0 Å². The smallest absolute Gasteiger partial charge is 0.241 e. The third-order valence-corrected chi connectivity index (χ3v) is 4.41. The van der Waals surface area contributed by atoms with E-state index in [4.69, 9.17) is 10.2 Å². The number of hydrogen-bond acceptors (Lipinski definition) is 4. The topological polar surface area (TPSA) is 81.2 Å². The molecule has 1 atom stereocenters. The quantitative estimate of drug-likeness (QED) is 0.907. The number of nitrogens with zero attached hydrogens (tertiary/aromatic N) is 1. The maximum absolute atomic E-state index is 12.2. The van der Waals surface area contributed by atoms with Crippen molar-refractivity contribution < 1.29 is 9.21 Å². The van der Waals surface area contributed by atoms with E-state index in [0.717, 1.165) is 17.5 Å². The summed E-state index contributed by atoms with van der Waals surface area (Å²) in [6.07, 6.45) is 7.02. The number of rotatable bonds is 4. The fraction of sp³-hybridized carbons (Fsp3) is 0.529. The third-order valence-electron chi connectivity index (χ3n) is 4.41. The summed E-state index contributed by atoms with van der Waals surface area (Å²) in [6, 6.07) is 5.00. The number of hydrogen-bond donors (Lipinski definition) is 2. The van der Waals surface area contributed by atoms with Gasteiger partial charge in [0.05, 0.1) is 6.04 Å². The maximum Gasteiger partial charge on any atom is 0.241 e. The van der Waals surface area contributed by atoms with Crippen LogP contribution in [0.15, 0.2) is 22.6 Å². The zero-order chi connectivity index (χ0) is 15.5. The van der Waals surface area contributed by atoms with Crippen LogP contribution in [0.5, 0.6) is 0 Å². The number of aryl methyl sites for hydroxylation is 1. The summed E-state index contributed by atoms with van der Waals surface area (Å²) in [5.41, 5.74) is 8.25. The summed E-state index contributed by atoms with van der Waals surface area (Å²) in [7, 11) is 0. The van der Waals surface area contributed by atoms with Gasteiger partial charge in [0.25, 0.3) is 0 Å². The van der Waals surface area contributed by atoms with Crippen LogP contribution in [0.2, 0.25) is 0 Å². The predicted molar refractivity (Wildman–Crippen MR) is 86.5 cm³/mol. The Kier molecular flexibility index (Phi) is 4.43. The standard InChI is InChI=1S/C17H23N3O2/c1-11-19-15-10-13(7-8-16(15)22-11)20-17(21)14(18)9-12-5-3-2-4-6-12/h7-8,10,12,14H,2-6,9,18H2,1H3,(H,20,21). The van der Waals surface area contributed by atoms with Crippen LogP contribution in [0, 0.1) is 12.8 Å². The Hall–Kier alpha value is -1.88. The second kappa shape index (κ2) is 6.48. The number of aromatic nitrogens is 1. The van der Waals surface area contributed by atoms with Crippen molar-refractivity contribution in [2.75, 3.05) is 5.32 Å². The van der Waals surface area contributed by atoms with E-state index in [9.17, 15) is 4.79 Å². The molecule has 1 aromatic heterocycles. The largest absolute Gasteiger partial charge is 0.441 e. The van der Waals surface area contributed by atoms with Gasteiger partial charge in [0, 0.05) is 12.6 Å². The van der Waals surface area contributed by atoms with Crippen LogP contribution in [0.3, 0.4) is 0 Å². The predicted octanol–water partition coefficient (Wildman–Crippen LogP) is 3.37. The van der Waals surface area contributed by atoms with Crippen LogP contribution in [-0.4, -0.2) is 16.9 Å². The molecule has 3 rings (SSSR count). The van der Waals surface area contributed by atoms with Crippen LogP contribution in [0.25, 0.3) is 11.1 Å². The Morgan fingerprint density at radius 2 is 2.18 bits per heavy atom. The van der Waals surface area contributed by atoms with E-state index in [1.165, 1.54) is 32.1 Å². The van der Waals surface area contributed by atoms with E-state index < -0.39 is 6.04 Å². The monoisotopic (exact) mass is 301 g/mol. The van der Waals surface area contributed by atoms with Gasteiger partial charge >= 0.3 is 0 Å². The zero-order valence-electron chi connectivity index (χ0n) is 13.0. The van der Waals surface area contributed by atoms with Gasteiger partial charge in [-0.1, -0.05) is 32.1 Å². The van der Waals surface area contributed by atoms with E-state index in [0.29, 0.717) is 17.5 Å². The van der Waals surface area contributed by atoms with Crippen molar-refractivity contribution in [3.05, 3.63) is 24.1 Å². The number of oxazole rings is 1. The van der Waals surface area contributed by atoms with E-state index in [1.807, 2.05) is 18.2 Å². The molecule has 1 saturated carbocycles. The van der Waals surface area contributed by atoms with Gasteiger partial charge < -0.3 is 15.5 Å². The number of anilines is 1. The van der Waals surface area contributed by atoms with Crippen LogP contribution in [-0.2, 0) is 4.79 Å². The fourth-order valence-electron chi connectivity index (χ4n) is 3.24. The second-order valence-corrected chi connectivity index (χ2v) is 6.25. The van der Waals surface area contributed by atoms with E-state index in [1.54, 1.807) is 6.92 Å². The van der Waals surface area contributed by atoms with Crippen LogP contribution >= 0.6 is 0 Å². The van der Waals surface area contributed by atoms with Crippen molar-refractivity contribution in [2.24, 2.45) is 11.7 Å². The van der Waals surface area contributed by atoms with Crippen molar-refractivity contribution in [1.29, 1.82) is 0 Å². The molecular weight excluding hydrogens is 278 g/mol. The van der Waals surface area contributed by atoms with Gasteiger partial charge in [-0.15, -0.1) is 0 Å². The molecule has 1 aliphatic carbocycles. The molecule has 3 N–H and O–H groups in total. The van der Waals surface area contributed by atoms with Gasteiger partial charge in [-0.25, -0.2) is 4.98 Å². The van der Waals surface area contributed by atoms with Crippen molar-refractivity contribution >= 4 is 22.7 Å². The highest BCUT2D eigenvalue weighted by Crippen LogP contribution is 2.27. The lowest BCUT2D eigenvalue weighted by Gasteiger charge is -2.24. The molecule has 0 spiro atoms. The minimum atomic E-state index is -0.446. The van der Waals surface area contributed by atoms with E-state index in [2.05, 4.69) is 10.3 Å². The molecule has 0 bridgehead atoms. The summed E-state index contributed by atoms with van der Waals surface area (Å²) >= 11 is 0. The Bertz CT molecular complexity index is 659. The lowest BCUT2D eigenvalue weighted by atomic mass is 9.85. The van der Waals surface area contributed by atoms with Gasteiger partial charge in [0.1, 0.15) is 5.52 Å². The van der Waals surface area contributed by atoms with Gasteiger partial charge in [-0.05, 0) is 30.5 Å². The molecule has 1 amide bonds. The molecule has 1 aliphatic rings. The highest BCUT2D eigenvalue weighted by atomic mass is 16.3. The molecule has 1 aromatic carbocycles. The van der Waals surface area contributed by atoms with Crippen molar-refractivity contribution in [2.45, 2.75) is 51.5 Å². The minimum absolute atomic E-state index is 0.120. The first-order valence-corrected chi connectivity index (χ1v) is 8.05. The number of nitrogens with two attached hydrogens (primary N) is 1. The van der Waals surface area contributed by atoms with Crippen molar-refractivity contribution in [3.8, 4) is 0 Å². The molecule has 2 aromatic rings. The highest BCUT2D eigenvalue weighted by Gasteiger charge is 2.21. The first kappa shape index (κ1) is 15.0. The number of benzene rings is 1. The zero-order valence-corrected chi connectivity index (χ0v) is 13.0. The average molecular weight is 301 g/mol. The molecular formula is C17H23N3O2. The lowest BCUT2D eigenvalue weighted by molar-refractivity contribution is -0.117. The molecule has 0 radical (unpaired) electrons. The Morgan fingerprint density at radius 3 is 2.95 bits per heavy atom. The van der Waals surface area contributed by atoms with Gasteiger partial charge in [0.15, 0.2) is 11.5 Å². The number of carbonyl (C=O) groups is 1.